The average molecular weight is 817 g/mol. The number of furan rings is 1. The molecule has 0 atom stereocenters. The van der Waals surface area contributed by atoms with Crippen molar-refractivity contribution in [2.75, 3.05) is 4.90 Å². The molecule has 12 aromatic rings. The summed E-state index contributed by atoms with van der Waals surface area (Å²) in [4.78, 5) is 0.211. The van der Waals surface area contributed by atoms with Gasteiger partial charge in [0.1, 0.15) is 11.2 Å². The van der Waals surface area contributed by atoms with Gasteiger partial charge in [-0.3, -0.25) is 0 Å². The highest BCUT2D eigenvalue weighted by Crippen LogP contribution is 2.46. The van der Waals surface area contributed by atoms with Crippen molar-refractivity contribution in [1.82, 2.24) is 4.57 Å². The van der Waals surface area contributed by atoms with E-state index in [1.165, 1.54) is 0 Å². The van der Waals surface area contributed by atoms with Crippen LogP contribution in [0.2, 0.25) is 0 Å². The van der Waals surface area contributed by atoms with Crippen LogP contribution in [-0.2, 0) is 0 Å². The summed E-state index contributed by atoms with van der Waals surface area (Å²) in [6, 6.07) is -43.2. The largest absolute Gasteiger partial charge is 0.455 e. The van der Waals surface area contributed by atoms with Crippen LogP contribution in [0.4, 0.5) is 17.1 Å². The predicted octanol–water partition coefficient (Wildman–Crippen LogP) is 16.3. The number of rotatable bonds is 7. The van der Waals surface area contributed by atoms with Crippen molar-refractivity contribution in [3.63, 3.8) is 0 Å². The first-order valence-electron chi connectivity index (χ1n) is 36.7. The van der Waals surface area contributed by atoms with Gasteiger partial charge < -0.3 is 13.9 Å². The molecule has 3 nitrogen and oxygen atoms in total. The number of nitrogens with zero attached hydrogens (tertiary/aromatic N) is 2. The van der Waals surface area contributed by atoms with Gasteiger partial charge in [0.15, 0.2) is 0 Å². The van der Waals surface area contributed by atoms with Gasteiger partial charge in [-0.25, -0.2) is 0 Å². The molecule has 0 aliphatic heterocycles. The highest BCUT2D eigenvalue weighted by molar-refractivity contribution is 6.14. The highest BCUT2D eigenvalue weighted by atomic mass is 16.3. The van der Waals surface area contributed by atoms with Gasteiger partial charge in [0.25, 0.3) is 0 Å². The normalized spacial score (nSPS) is 20.3. The molecule has 0 saturated heterocycles. The minimum absolute atomic E-state index is 0.211. The van der Waals surface area contributed by atoms with E-state index in [9.17, 15) is 21.9 Å². The van der Waals surface area contributed by atoms with Gasteiger partial charge in [0.2, 0.25) is 0 Å². The summed E-state index contributed by atoms with van der Waals surface area (Å²) in [5, 5.41) is -4.59. The maximum atomic E-state index is 10.7. The fourth-order valence-electron chi connectivity index (χ4n) is 6.82. The molecule has 61 heavy (non-hydrogen) atoms. The van der Waals surface area contributed by atoms with E-state index >= 15 is 0 Å². The fraction of sp³-hybridized carbons (Fsp3) is 0. The number of hydrogen-bond acceptors (Lipinski definition) is 2. The SMILES string of the molecule is [2H]c1c([2H])c([2H])c(-c2c([2H])c([2H])c(N(c3c([2H])c([2H])c(-c4c([2H])c([2H])c([2H])c5c([2H])c([2H])c([2H])c([2H])c45)c([2H])c3[2H])c3c([2H])c(-c4c([2H])c([2H])c([2H])c([2H])c4-n4c5c([2H])c([2H])c([2H])c([2H])c5c5c([2H])c([2H])c([2H])c([2H])c54)c4oc5c([2H])c([2H])c([2H])c([2H])c5c4c3[2H])c([2H])c2[2H])c([2H])c1[2H]. The second kappa shape index (κ2) is 14.3. The van der Waals surface area contributed by atoms with Crippen LogP contribution >= 0.6 is 0 Å². The van der Waals surface area contributed by atoms with Gasteiger partial charge >= 0.3 is 0 Å². The third-order valence-electron chi connectivity index (χ3n) is 9.43. The molecule has 0 N–H and O–H groups in total. The van der Waals surface area contributed by atoms with Crippen LogP contribution in [0.25, 0.3) is 93.6 Å². The van der Waals surface area contributed by atoms with Crippen LogP contribution in [0.5, 0.6) is 0 Å². The monoisotopic (exact) mass is 817 g/mol. The van der Waals surface area contributed by atoms with Gasteiger partial charge in [-0.2, -0.15) is 0 Å². The molecule has 0 saturated carbocycles. The Balaban J connectivity index is 1.37. The minimum atomic E-state index is -1.47. The lowest BCUT2D eigenvalue weighted by atomic mass is 9.97. The summed E-state index contributed by atoms with van der Waals surface area (Å²) in [5.41, 5.74) is -14.9. The van der Waals surface area contributed by atoms with E-state index in [0.29, 0.717) is 4.57 Å². The molecule has 3 heteroatoms. The molecule has 0 unspecified atom stereocenters. The lowest BCUT2D eigenvalue weighted by Crippen LogP contribution is -2.10. The van der Waals surface area contributed by atoms with Gasteiger partial charge in [-0.15, -0.1) is 0 Å². The molecule has 0 bridgehead atoms. The average Bonchev–Trinajstić information content (AvgIpc) is 1.61. The van der Waals surface area contributed by atoms with Crippen LogP contribution in [0, 0.1) is 0 Å². The van der Waals surface area contributed by atoms with Crippen LogP contribution in [0.1, 0.15) is 52.1 Å². The van der Waals surface area contributed by atoms with Crippen molar-refractivity contribution in [3.8, 4) is 39.1 Å². The topological polar surface area (TPSA) is 21.3 Å². The van der Waals surface area contributed by atoms with E-state index in [1.54, 1.807) is 0 Å². The van der Waals surface area contributed by atoms with Crippen molar-refractivity contribution in [3.05, 3.63) is 230 Å². The number of benzene rings is 10. The number of para-hydroxylation sites is 4. The molecule has 2 aromatic heterocycles. The molecule has 0 aliphatic rings. The zero-order chi connectivity index (χ0) is 73.3. The molecule has 2 heterocycles. The molecule has 286 valence electrons. The molecule has 10 aromatic carbocycles. The molecule has 0 radical (unpaired) electrons. The second-order valence-electron chi connectivity index (χ2n) is 12.8. The zero-order valence-electron chi connectivity index (χ0n) is 68.3. The number of anilines is 3. The summed E-state index contributed by atoms with van der Waals surface area (Å²) < 4.78 is 357. The third-order valence-corrected chi connectivity index (χ3v) is 9.43. The fourth-order valence-corrected chi connectivity index (χ4v) is 6.82. The Kier molecular flexibility index (Phi) is 3.21. The van der Waals surface area contributed by atoms with Crippen molar-refractivity contribution < 1.29 is 56.5 Å². The van der Waals surface area contributed by atoms with Crippen molar-refractivity contribution in [2.45, 2.75) is 0 Å². The van der Waals surface area contributed by atoms with Gasteiger partial charge in [0, 0.05) is 49.7 Å². The molecular weight excluding hydrogens is 741 g/mol. The Morgan fingerprint density at radius 3 is 1.64 bits per heavy atom. The van der Waals surface area contributed by atoms with Gasteiger partial charge in [-0.05, 0) is 93.5 Å². The Bertz CT molecular complexity index is 5680. The quantitative estimate of drug-likeness (QED) is 0.160. The molecule has 0 fully saturated rings. The van der Waals surface area contributed by atoms with Gasteiger partial charge in [-0.1, -0.05) is 169 Å². The van der Waals surface area contributed by atoms with E-state index in [2.05, 4.69) is 0 Å². The Labute approximate surface area is 407 Å². The van der Waals surface area contributed by atoms with E-state index in [1.807, 2.05) is 0 Å². The summed E-state index contributed by atoms with van der Waals surface area (Å²) in [6.45, 7) is 0. The first kappa shape index (κ1) is 13.7. The second-order valence-corrected chi connectivity index (χ2v) is 12.8. The minimum Gasteiger partial charge on any atom is -0.455 e. The van der Waals surface area contributed by atoms with Crippen LogP contribution in [0.3, 0.4) is 0 Å². The summed E-state index contributed by atoms with van der Waals surface area (Å²) >= 11 is 0. The summed E-state index contributed by atoms with van der Waals surface area (Å²) in [6.07, 6.45) is 0. The standard InChI is InChI=1S/C58H38N2O/c1-2-15-39(16-3-1)40-29-33-43(34-30-40)59(44-35-31-42(32-36-44)47-24-14-18-41-17-4-5-19-46(41)47)45-37-52(58-53(38-45)51-23-9-13-28-57(51)61-58)50-22-8-12-27-56(50)60-54-25-10-6-20-48(54)49-21-7-11-26-55(49)60/h1-38H/i1D,2D,3D,4D,5D,6D,7D,8D,9D,10D,11D,12D,13D,14D,15D,16D,17D,18D,19D,20D,21D,22D,23D,24D,25D,26D,27D,28D,29D,30D,31D,32D,33D,34D,35D,36D,37D,38D. The Morgan fingerprint density at radius 1 is 0.361 bits per heavy atom. The maximum Gasteiger partial charge on any atom is 0.143 e. The lowest BCUT2D eigenvalue weighted by molar-refractivity contribution is 0.670. The predicted molar refractivity (Wildman–Crippen MR) is 257 cm³/mol. The van der Waals surface area contributed by atoms with E-state index in [-0.39, 0.29) is 4.90 Å². The molecule has 0 spiro atoms. The number of fused-ring (bicyclic) bond motifs is 7. The van der Waals surface area contributed by atoms with E-state index in [0.717, 1.165) is 0 Å². The van der Waals surface area contributed by atoms with E-state index in [4.69, 9.17) is 34.6 Å². The molecule has 0 amide bonds. The number of hydrogen-bond donors (Lipinski definition) is 0. The van der Waals surface area contributed by atoms with Crippen LogP contribution in [0.15, 0.2) is 234 Å². The Hall–Kier alpha value is -8.14. The van der Waals surface area contributed by atoms with Crippen LogP contribution < -0.4 is 4.90 Å². The van der Waals surface area contributed by atoms with Crippen molar-refractivity contribution in [2.24, 2.45) is 0 Å². The Morgan fingerprint density at radius 2 is 0.902 bits per heavy atom. The zero-order valence-corrected chi connectivity index (χ0v) is 30.3. The van der Waals surface area contributed by atoms with Crippen molar-refractivity contribution >= 4 is 71.6 Å². The molecule has 0 aliphatic carbocycles. The van der Waals surface area contributed by atoms with Gasteiger partial charge in [0.05, 0.1) is 68.8 Å². The van der Waals surface area contributed by atoms with Crippen molar-refractivity contribution in [1.29, 1.82) is 0 Å². The first-order valence-corrected chi connectivity index (χ1v) is 17.7. The number of aromatic nitrogens is 1. The summed E-state index contributed by atoms with van der Waals surface area (Å²) in [5.74, 6) is 0. The smallest absolute Gasteiger partial charge is 0.143 e. The van der Waals surface area contributed by atoms with E-state index < -0.39 is 340 Å². The maximum absolute atomic E-state index is 10.7. The first-order chi connectivity index (χ1) is 46.1. The highest BCUT2D eigenvalue weighted by Gasteiger charge is 2.23. The molecule has 12 rings (SSSR count). The van der Waals surface area contributed by atoms with Crippen LogP contribution in [-0.4, -0.2) is 4.57 Å². The third kappa shape index (κ3) is 5.82. The molecular formula is C58H38N2O. The lowest BCUT2D eigenvalue weighted by Gasteiger charge is -2.27. The summed E-state index contributed by atoms with van der Waals surface area (Å²) in [7, 11) is 0.